The molecule has 0 saturated carbocycles. The maximum atomic E-state index is 12.8. The van der Waals surface area contributed by atoms with Crippen LogP contribution >= 0.6 is 0 Å². The molecule has 0 atom stereocenters. The summed E-state index contributed by atoms with van der Waals surface area (Å²) in [5.41, 5.74) is 6.26. The maximum Gasteiger partial charge on any atom is 0.270 e. The van der Waals surface area contributed by atoms with Crippen LogP contribution in [-0.2, 0) is 20.0 Å². The van der Waals surface area contributed by atoms with E-state index in [0.717, 1.165) is 34.6 Å². The van der Waals surface area contributed by atoms with Gasteiger partial charge in [0.05, 0.1) is 12.2 Å². The highest BCUT2D eigenvalue weighted by atomic mass is 16.2. The normalized spacial score (nSPS) is 13.8. The molecule has 1 aliphatic heterocycles. The van der Waals surface area contributed by atoms with Crippen LogP contribution < -0.4 is 0 Å². The van der Waals surface area contributed by atoms with Crippen molar-refractivity contribution >= 4 is 5.91 Å². The van der Waals surface area contributed by atoms with Crippen molar-refractivity contribution in [2.75, 3.05) is 6.54 Å². The summed E-state index contributed by atoms with van der Waals surface area (Å²) in [5, 5.41) is 7.66. The van der Waals surface area contributed by atoms with E-state index in [4.69, 9.17) is 0 Å². The highest BCUT2D eigenvalue weighted by Gasteiger charge is 2.27. The summed E-state index contributed by atoms with van der Waals surface area (Å²) >= 11 is 0. The number of carbonyl (C=O) groups excluding carboxylic acids is 1. The van der Waals surface area contributed by atoms with Gasteiger partial charge in [-0.15, -0.1) is 0 Å². The van der Waals surface area contributed by atoms with Gasteiger partial charge in [0.2, 0.25) is 0 Å². The van der Waals surface area contributed by atoms with E-state index in [1.807, 2.05) is 34.8 Å². The van der Waals surface area contributed by atoms with E-state index in [0.29, 0.717) is 13.1 Å². The lowest BCUT2D eigenvalue weighted by Gasteiger charge is -2.27. The average Bonchev–Trinajstić information content (AvgIpc) is 3.20. The molecule has 4 rings (SSSR count). The van der Waals surface area contributed by atoms with Crippen molar-refractivity contribution < 1.29 is 4.79 Å². The fraction of sp³-hybridized carbons (Fsp3) is 0.263. The van der Waals surface area contributed by atoms with Gasteiger partial charge < -0.3 is 9.47 Å². The lowest BCUT2D eigenvalue weighted by Crippen LogP contribution is -2.36. The van der Waals surface area contributed by atoms with Gasteiger partial charge in [0.15, 0.2) is 0 Å². The Morgan fingerprint density at radius 3 is 2.71 bits per heavy atom. The second-order valence-electron chi connectivity index (χ2n) is 6.38. The third-order valence-electron chi connectivity index (χ3n) is 4.71. The minimum atomic E-state index is 0.0733. The SMILES string of the molecule is Cc1ccc(-c2n[nH]c3c2CN(C(=O)c2cccn2C)CC3)cc1. The monoisotopic (exact) mass is 320 g/mol. The van der Waals surface area contributed by atoms with Gasteiger partial charge in [0, 0.05) is 43.0 Å². The van der Waals surface area contributed by atoms with Crippen LogP contribution in [0.1, 0.15) is 27.3 Å². The second kappa shape index (κ2) is 5.67. The Balaban J connectivity index is 1.65. The van der Waals surface area contributed by atoms with Crippen LogP contribution in [0.25, 0.3) is 11.3 Å². The van der Waals surface area contributed by atoms with Crippen LogP contribution in [0.5, 0.6) is 0 Å². The molecule has 5 heteroatoms. The predicted octanol–water partition coefficient (Wildman–Crippen LogP) is 2.92. The van der Waals surface area contributed by atoms with Gasteiger partial charge in [0.1, 0.15) is 5.69 Å². The summed E-state index contributed by atoms with van der Waals surface area (Å²) in [6.45, 7) is 3.38. The van der Waals surface area contributed by atoms with E-state index in [1.54, 1.807) is 0 Å². The van der Waals surface area contributed by atoms with Gasteiger partial charge >= 0.3 is 0 Å². The molecule has 0 spiro atoms. The Hall–Kier alpha value is -2.82. The number of H-pyrrole nitrogens is 1. The van der Waals surface area contributed by atoms with E-state index < -0.39 is 0 Å². The number of hydrogen-bond acceptors (Lipinski definition) is 2. The topological polar surface area (TPSA) is 53.9 Å². The summed E-state index contributed by atoms with van der Waals surface area (Å²) in [6, 6.07) is 12.1. The van der Waals surface area contributed by atoms with E-state index >= 15 is 0 Å². The van der Waals surface area contributed by atoms with Crippen molar-refractivity contribution in [3.63, 3.8) is 0 Å². The van der Waals surface area contributed by atoms with E-state index in [2.05, 4.69) is 41.4 Å². The molecule has 0 aliphatic carbocycles. The summed E-state index contributed by atoms with van der Waals surface area (Å²) in [4.78, 5) is 14.7. The van der Waals surface area contributed by atoms with Gasteiger partial charge in [-0.25, -0.2) is 0 Å². The summed E-state index contributed by atoms with van der Waals surface area (Å²) < 4.78 is 1.87. The van der Waals surface area contributed by atoms with Crippen LogP contribution in [-0.4, -0.2) is 32.1 Å². The molecule has 1 aromatic carbocycles. The number of aromatic nitrogens is 3. The summed E-state index contributed by atoms with van der Waals surface area (Å²) in [6.07, 6.45) is 2.71. The number of fused-ring (bicyclic) bond motifs is 1. The predicted molar refractivity (Wildman–Crippen MR) is 92.6 cm³/mol. The van der Waals surface area contributed by atoms with Crippen molar-refractivity contribution in [3.05, 3.63) is 65.1 Å². The second-order valence-corrected chi connectivity index (χ2v) is 6.38. The zero-order valence-electron chi connectivity index (χ0n) is 13.9. The molecule has 2 aromatic heterocycles. The Labute approximate surface area is 140 Å². The number of carbonyl (C=O) groups is 1. The molecule has 1 aliphatic rings. The first-order chi connectivity index (χ1) is 11.6. The van der Waals surface area contributed by atoms with Crippen molar-refractivity contribution in [1.82, 2.24) is 19.7 Å². The molecule has 0 unspecified atom stereocenters. The third kappa shape index (κ3) is 2.42. The molecule has 0 fully saturated rings. The smallest absolute Gasteiger partial charge is 0.270 e. The number of hydrogen-bond donors (Lipinski definition) is 1. The van der Waals surface area contributed by atoms with Crippen molar-refractivity contribution in [2.24, 2.45) is 7.05 Å². The highest BCUT2D eigenvalue weighted by molar-refractivity contribution is 5.93. The highest BCUT2D eigenvalue weighted by Crippen LogP contribution is 2.29. The first-order valence-electron chi connectivity index (χ1n) is 8.17. The van der Waals surface area contributed by atoms with Gasteiger partial charge in [-0.1, -0.05) is 29.8 Å². The number of aryl methyl sites for hydroxylation is 2. The zero-order chi connectivity index (χ0) is 16.7. The Morgan fingerprint density at radius 2 is 2.00 bits per heavy atom. The molecule has 0 radical (unpaired) electrons. The lowest BCUT2D eigenvalue weighted by molar-refractivity contribution is 0.0725. The molecule has 24 heavy (non-hydrogen) atoms. The van der Waals surface area contributed by atoms with Crippen molar-refractivity contribution in [3.8, 4) is 11.3 Å². The quantitative estimate of drug-likeness (QED) is 0.789. The number of nitrogens with one attached hydrogen (secondary N) is 1. The molecule has 5 nitrogen and oxygen atoms in total. The molecule has 1 amide bonds. The maximum absolute atomic E-state index is 12.8. The first-order valence-corrected chi connectivity index (χ1v) is 8.17. The third-order valence-corrected chi connectivity index (χ3v) is 4.71. The standard InChI is InChI=1S/C19H20N4O/c1-13-5-7-14(8-6-13)18-15-12-23(11-9-16(15)20-21-18)19(24)17-4-3-10-22(17)2/h3-8,10H,9,11-12H2,1-2H3,(H,20,21). The number of amides is 1. The van der Waals surface area contributed by atoms with E-state index in [1.165, 1.54) is 5.56 Å². The Morgan fingerprint density at radius 1 is 1.21 bits per heavy atom. The van der Waals surface area contributed by atoms with Crippen LogP contribution in [0, 0.1) is 6.92 Å². The van der Waals surface area contributed by atoms with Crippen molar-refractivity contribution in [2.45, 2.75) is 19.9 Å². The minimum absolute atomic E-state index is 0.0733. The molecular formula is C19H20N4O. The summed E-state index contributed by atoms with van der Waals surface area (Å²) in [5.74, 6) is 0.0733. The number of benzene rings is 1. The van der Waals surface area contributed by atoms with Crippen LogP contribution in [0.4, 0.5) is 0 Å². The van der Waals surface area contributed by atoms with Gasteiger partial charge in [-0.05, 0) is 19.1 Å². The molecule has 0 saturated heterocycles. The molecule has 3 heterocycles. The minimum Gasteiger partial charge on any atom is -0.347 e. The molecule has 3 aromatic rings. The molecule has 0 bridgehead atoms. The lowest BCUT2D eigenvalue weighted by atomic mass is 10.00. The van der Waals surface area contributed by atoms with Gasteiger partial charge in [-0.2, -0.15) is 5.10 Å². The Bertz CT molecular complexity index is 888. The fourth-order valence-corrected chi connectivity index (χ4v) is 3.26. The van der Waals surface area contributed by atoms with Crippen LogP contribution in [0.15, 0.2) is 42.6 Å². The molecular weight excluding hydrogens is 300 g/mol. The number of rotatable bonds is 2. The first kappa shape index (κ1) is 14.8. The van der Waals surface area contributed by atoms with Crippen molar-refractivity contribution in [1.29, 1.82) is 0 Å². The molecule has 1 N–H and O–H groups in total. The Kier molecular flexibility index (Phi) is 3.49. The van der Waals surface area contributed by atoms with Gasteiger partial charge in [0.25, 0.3) is 5.91 Å². The van der Waals surface area contributed by atoms with Crippen LogP contribution in [0.3, 0.4) is 0 Å². The largest absolute Gasteiger partial charge is 0.347 e. The van der Waals surface area contributed by atoms with E-state index in [-0.39, 0.29) is 5.91 Å². The van der Waals surface area contributed by atoms with Gasteiger partial charge in [-0.3, -0.25) is 9.89 Å². The number of nitrogens with zero attached hydrogens (tertiary/aromatic N) is 3. The molecule has 122 valence electrons. The average molecular weight is 320 g/mol. The number of aromatic amines is 1. The summed E-state index contributed by atoms with van der Waals surface area (Å²) in [7, 11) is 1.90. The van der Waals surface area contributed by atoms with E-state index in [9.17, 15) is 4.79 Å². The van der Waals surface area contributed by atoms with Crippen LogP contribution in [0.2, 0.25) is 0 Å². The zero-order valence-corrected chi connectivity index (χ0v) is 13.9. The fourth-order valence-electron chi connectivity index (χ4n) is 3.26.